The van der Waals surface area contributed by atoms with Gasteiger partial charge in [0.2, 0.25) is 0 Å². The molecular weight excluding hydrogens is 330 g/mol. The first kappa shape index (κ1) is 17.0. The van der Waals surface area contributed by atoms with Crippen molar-refractivity contribution >= 4 is 23.7 Å². The Balaban J connectivity index is 1.69. The summed E-state index contributed by atoms with van der Waals surface area (Å²) < 4.78 is 5.07. The van der Waals surface area contributed by atoms with Crippen LogP contribution in [-0.2, 0) is 9.59 Å². The molecule has 5 atom stereocenters. The number of nitrogens with two attached hydrogens (primary N) is 1. The highest BCUT2D eigenvalue weighted by molar-refractivity contribution is 5.91. The van der Waals surface area contributed by atoms with E-state index in [0.29, 0.717) is 11.4 Å². The molecule has 6 N–H and O–H groups in total. The van der Waals surface area contributed by atoms with Crippen LogP contribution in [0.25, 0.3) is 0 Å². The Hall–Kier alpha value is -2.81. The number of hydrogen-bond acceptors (Lipinski definition) is 5. The maximum Gasteiger partial charge on any atom is 0.324 e. The molecular formula is C16H19N3O6. The summed E-state index contributed by atoms with van der Waals surface area (Å²) in [6.45, 7) is 0. The molecule has 3 rings (SSSR count). The summed E-state index contributed by atoms with van der Waals surface area (Å²) in [4.78, 5) is 34.9. The smallest absolute Gasteiger partial charge is 0.324 e. The third kappa shape index (κ3) is 2.86. The van der Waals surface area contributed by atoms with Crippen LogP contribution in [0.3, 0.4) is 0 Å². The van der Waals surface area contributed by atoms with Crippen LogP contribution < -0.4 is 21.1 Å². The van der Waals surface area contributed by atoms with Gasteiger partial charge in [-0.1, -0.05) is 6.07 Å². The van der Waals surface area contributed by atoms with Crippen molar-refractivity contribution in [1.82, 2.24) is 5.32 Å². The van der Waals surface area contributed by atoms with Gasteiger partial charge >= 0.3 is 18.0 Å². The Labute approximate surface area is 143 Å². The molecule has 2 amide bonds. The van der Waals surface area contributed by atoms with Gasteiger partial charge in [-0.25, -0.2) is 4.79 Å². The van der Waals surface area contributed by atoms with E-state index >= 15 is 0 Å². The first-order chi connectivity index (χ1) is 11.8. The SMILES string of the molecule is COc1cccc(NC(=O)N[C@H]2C[C@@](N)(C(=O)O)[C@@H]3[C@@H](C(=O)O)[C@@H]32)c1. The van der Waals surface area contributed by atoms with Gasteiger partial charge in [0.15, 0.2) is 0 Å². The molecule has 1 aromatic carbocycles. The molecule has 9 heteroatoms. The van der Waals surface area contributed by atoms with Gasteiger partial charge in [-0.2, -0.15) is 0 Å². The molecule has 25 heavy (non-hydrogen) atoms. The lowest BCUT2D eigenvalue weighted by Gasteiger charge is -2.25. The summed E-state index contributed by atoms with van der Waals surface area (Å²) in [5, 5.41) is 23.9. The van der Waals surface area contributed by atoms with Crippen LogP contribution in [0.15, 0.2) is 24.3 Å². The Morgan fingerprint density at radius 3 is 2.64 bits per heavy atom. The predicted molar refractivity (Wildman–Crippen MR) is 86.2 cm³/mol. The van der Waals surface area contributed by atoms with Gasteiger partial charge in [0.05, 0.1) is 13.0 Å². The molecule has 2 aliphatic carbocycles. The molecule has 134 valence electrons. The number of nitrogens with one attached hydrogen (secondary N) is 2. The third-order valence-corrected chi connectivity index (χ3v) is 5.02. The molecule has 0 unspecified atom stereocenters. The van der Waals surface area contributed by atoms with Crippen molar-refractivity contribution in [2.45, 2.75) is 18.0 Å². The quantitative estimate of drug-likeness (QED) is 0.513. The Kier molecular flexibility index (Phi) is 4.03. The predicted octanol–water partition coefficient (Wildman–Crippen LogP) is 0.318. The van der Waals surface area contributed by atoms with E-state index in [1.165, 1.54) is 7.11 Å². The average Bonchev–Trinajstić information content (AvgIpc) is 3.24. The Morgan fingerprint density at radius 2 is 2.04 bits per heavy atom. The molecule has 1 aromatic rings. The highest BCUT2D eigenvalue weighted by Crippen LogP contribution is 2.61. The highest BCUT2D eigenvalue weighted by Gasteiger charge is 2.74. The Bertz CT molecular complexity index is 738. The Morgan fingerprint density at radius 1 is 1.32 bits per heavy atom. The molecule has 9 nitrogen and oxygen atoms in total. The van der Waals surface area contributed by atoms with Crippen molar-refractivity contribution in [3.05, 3.63) is 24.3 Å². The summed E-state index contributed by atoms with van der Waals surface area (Å²) in [5.74, 6) is -3.77. The van der Waals surface area contributed by atoms with Crippen molar-refractivity contribution in [1.29, 1.82) is 0 Å². The molecule has 0 heterocycles. The van der Waals surface area contributed by atoms with Gasteiger partial charge in [-0.3, -0.25) is 9.59 Å². The summed E-state index contributed by atoms with van der Waals surface area (Å²) in [5.41, 5.74) is 4.78. The number of anilines is 1. The number of amides is 2. The zero-order valence-corrected chi connectivity index (χ0v) is 13.4. The number of aliphatic carboxylic acids is 2. The van der Waals surface area contributed by atoms with E-state index < -0.39 is 47.3 Å². The highest BCUT2D eigenvalue weighted by atomic mass is 16.5. The van der Waals surface area contributed by atoms with Crippen LogP contribution >= 0.6 is 0 Å². The largest absolute Gasteiger partial charge is 0.497 e. The lowest BCUT2D eigenvalue weighted by Crippen LogP contribution is -2.52. The van der Waals surface area contributed by atoms with Crippen LogP contribution in [0.2, 0.25) is 0 Å². The van der Waals surface area contributed by atoms with E-state index in [9.17, 15) is 24.6 Å². The van der Waals surface area contributed by atoms with Gasteiger partial charge in [0.1, 0.15) is 11.3 Å². The standard InChI is InChI=1S/C16H19N3O6/c1-25-8-4-2-3-7(5-8)18-15(24)19-9-6-16(17,14(22)23)12-10(9)11(12)13(20)21/h2-5,9-12H,6,17H2,1H3,(H,20,21)(H,22,23)(H2,18,19,24)/t9-,10-,11-,12-,16-/m0/s1. The first-order valence-electron chi connectivity index (χ1n) is 7.74. The molecule has 0 spiro atoms. The van der Waals surface area contributed by atoms with Crippen molar-refractivity contribution in [3.8, 4) is 5.75 Å². The third-order valence-electron chi connectivity index (χ3n) is 5.02. The number of hydrogen-bond donors (Lipinski definition) is 5. The fourth-order valence-corrected chi connectivity index (χ4v) is 3.87. The topological polar surface area (TPSA) is 151 Å². The number of ether oxygens (including phenoxy) is 1. The van der Waals surface area contributed by atoms with E-state index in [0.717, 1.165) is 0 Å². The van der Waals surface area contributed by atoms with Crippen molar-refractivity contribution in [2.24, 2.45) is 23.5 Å². The van der Waals surface area contributed by atoms with Crippen LogP contribution in [0, 0.1) is 17.8 Å². The van der Waals surface area contributed by atoms with Gasteiger partial charge in [0, 0.05) is 23.7 Å². The van der Waals surface area contributed by atoms with Crippen LogP contribution in [0.5, 0.6) is 5.75 Å². The fourth-order valence-electron chi connectivity index (χ4n) is 3.87. The maximum atomic E-state index is 12.2. The second-order valence-electron chi connectivity index (χ2n) is 6.45. The van der Waals surface area contributed by atoms with Gasteiger partial charge < -0.3 is 31.3 Å². The zero-order valence-electron chi connectivity index (χ0n) is 13.4. The summed E-state index contributed by atoms with van der Waals surface area (Å²) >= 11 is 0. The fraction of sp³-hybridized carbons (Fsp3) is 0.438. The molecule has 0 aromatic heterocycles. The zero-order chi connectivity index (χ0) is 18.4. The number of benzene rings is 1. The minimum absolute atomic E-state index is 0.00697. The second-order valence-corrected chi connectivity index (χ2v) is 6.45. The first-order valence-corrected chi connectivity index (χ1v) is 7.74. The molecule has 2 saturated carbocycles. The second kappa shape index (κ2) is 5.92. The molecule has 0 saturated heterocycles. The summed E-state index contributed by atoms with van der Waals surface area (Å²) in [7, 11) is 1.50. The number of carboxylic acid groups (broad SMARTS) is 2. The van der Waals surface area contributed by atoms with Crippen LogP contribution in [-0.4, -0.2) is 46.9 Å². The molecule has 2 fully saturated rings. The van der Waals surface area contributed by atoms with E-state index in [4.69, 9.17) is 10.5 Å². The van der Waals surface area contributed by atoms with E-state index in [1.807, 2.05) is 0 Å². The molecule has 0 bridgehead atoms. The minimum Gasteiger partial charge on any atom is -0.497 e. The van der Waals surface area contributed by atoms with Crippen molar-refractivity contribution in [3.63, 3.8) is 0 Å². The monoisotopic (exact) mass is 349 g/mol. The minimum atomic E-state index is -1.64. The number of carbonyl (C=O) groups excluding carboxylic acids is 1. The number of carboxylic acids is 2. The van der Waals surface area contributed by atoms with Crippen LogP contribution in [0.4, 0.5) is 10.5 Å². The number of rotatable bonds is 5. The number of methoxy groups -OCH3 is 1. The maximum absolute atomic E-state index is 12.2. The molecule has 0 radical (unpaired) electrons. The van der Waals surface area contributed by atoms with E-state index in [2.05, 4.69) is 10.6 Å². The van der Waals surface area contributed by atoms with Crippen LogP contribution in [0.1, 0.15) is 6.42 Å². The van der Waals surface area contributed by atoms with Crippen molar-refractivity contribution in [2.75, 3.05) is 12.4 Å². The normalized spacial score (nSPS) is 32.4. The molecule has 0 aliphatic heterocycles. The molecule has 2 aliphatic rings. The lowest BCUT2D eigenvalue weighted by molar-refractivity contribution is -0.145. The van der Waals surface area contributed by atoms with Crippen molar-refractivity contribution < 1.29 is 29.3 Å². The van der Waals surface area contributed by atoms with E-state index in [-0.39, 0.29) is 6.42 Å². The number of urea groups is 1. The lowest BCUT2D eigenvalue weighted by atomic mass is 9.90. The van der Waals surface area contributed by atoms with E-state index in [1.54, 1.807) is 24.3 Å². The summed E-state index contributed by atoms with van der Waals surface area (Å²) in [6.07, 6.45) is -0.00697. The summed E-state index contributed by atoms with van der Waals surface area (Å²) in [6, 6.07) is 5.55. The number of fused-ring (bicyclic) bond motifs is 1. The number of carbonyl (C=O) groups is 3. The van der Waals surface area contributed by atoms with Gasteiger partial charge in [-0.15, -0.1) is 0 Å². The van der Waals surface area contributed by atoms with Gasteiger partial charge in [0.25, 0.3) is 0 Å². The average molecular weight is 349 g/mol. The van der Waals surface area contributed by atoms with Gasteiger partial charge in [-0.05, 0) is 24.5 Å².